The van der Waals surface area contributed by atoms with E-state index in [9.17, 15) is 9.59 Å². The third kappa shape index (κ3) is 4.01. The average Bonchev–Trinajstić information content (AvgIpc) is 2.84. The van der Waals surface area contributed by atoms with Crippen LogP contribution < -0.4 is 5.32 Å². The van der Waals surface area contributed by atoms with Crippen molar-refractivity contribution in [3.05, 3.63) is 0 Å². The second-order valence-electron chi connectivity index (χ2n) is 6.38. The van der Waals surface area contributed by atoms with Gasteiger partial charge in [-0.15, -0.1) is 12.4 Å². The smallest absolute Gasteiger partial charge is 0.411 e. The molecule has 2 fully saturated rings. The van der Waals surface area contributed by atoms with E-state index in [-0.39, 0.29) is 24.4 Å². The van der Waals surface area contributed by atoms with Crippen molar-refractivity contribution < 1.29 is 19.1 Å². The molecule has 1 amide bonds. The van der Waals surface area contributed by atoms with Gasteiger partial charge in [0.15, 0.2) is 0 Å². The van der Waals surface area contributed by atoms with E-state index < -0.39 is 17.7 Å². The van der Waals surface area contributed by atoms with Crippen LogP contribution in [-0.2, 0) is 14.3 Å². The Morgan fingerprint density at radius 1 is 1.29 bits per heavy atom. The van der Waals surface area contributed by atoms with Crippen LogP contribution in [0.5, 0.6) is 0 Å². The molecule has 3 atom stereocenters. The largest absolute Gasteiger partial charge is 0.464 e. The highest BCUT2D eigenvalue weighted by Crippen LogP contribution is 2.34. The normalized spacial score (nSPS) is 27.8. The van der Waals surface area contributed by atoms with Crippen molar-refractivity contribution in [2.45, 2.75) is 51.8 Å². The zero-order valence-corrected chi connectivity index (χ0v) is 13.9. The first-order valence-electron chi connectivity index (χ1n) is 7.22. The molecule has 0 saturated carbocycles. The van der Waals surface area contributed by atoms with Crippen molar-refractivity contribution in [2.75, 3.05) is 19.7 Å². The molecule has 1 N–H and O–H groups in total. The number of halogens is 1. The van der Waals surface area contributed by atoms with Crippen LogP contribution in [0.3, 0.4) is 0 Å². The van der Waals surface area contributed by atoms with Crippen LogP contribution in [0.25, 0.3) is 0 Å². The lowest BCUT2D eigenvalue weighted by Crippen LogP contribution is -2.49. The number of amides is 1. The standard InChI is InChI=1S/C14H24N2O4.ClH/c1-5-19-12(17)10-6-9-7-15-8-11(9)16(10)13(18)20-14(2,3)4;/h9-11,15H,5-8H2,1-4H3;1H/t9-,10+,11+;/m0./s1. The highest BCUT2D eigenvalue weighted by atomic mass is 35.5. The molecular weight excluding hydrogens is 296 g/mol. The molecule has 2 rings (SSSR count). The van der Waals surface area contributed by atoms with Crippen LogP contribution >= 0.6 is 12.4 Å². The van der Waals surface area contributed by atoms with Crippen molar-refractivity contribution in [2.24, 2.45) is 5.92 Å². The van der Waals surface area contributed by atoms with Gasteiger partial charge >= 0.3 is 12.1 Å². The predicted octanol–water partition coefficient (Wildman–Crippen LogP) is 1.57. The van der Waals surface area contributed by atoms with E-state index in [0.717, 1.165) is 6.54 Å². The van der Waals surface area contributed by atoms with E-state index in [1.54, 1.807) is 11.8 Å². The van der Waals surface area contributed by atoms with E-state index >= 15 is 0 Å². The number of carbonyl (C=O) groups is 2. The summed E-state index contributed by atoms with van der Waals surface area (Å²) in [5, 5.41) is 3.26. The summed E-state index contributed by atoms with van der Waals surface area (Å²) in [7, 11) is 0. The summed E-state index contributed by atoms with van der Waals surface area (Å²) < 4.78 is 10.5. The van der Waals surface area contributed by atoms with E-state index in [0.29, 0.717) is 25.5 Å². The summed E-state index contributed by atoms with van der Waals surface area (Å²) in [6.45, 7) is 9.11. The fourth-order valence-electron chi connectivity index (χ4n) is 2.94. The molecule has 2 heterocycles. The zero-order chi connectivity index (χ0) is 14.9. The van der Waals surface area contributed by atoms with Crippen LogP contribution in [-0.4, -0.2) is 54.3 Å². The summed E-state index contributed by atoms with van der Waals surface area (Å²) in [4.78, 5) is 26.0. The van der Waals surface area contributed by atoms with Gasteiger partial charge in [0.2, 0.25) is 0 Å². The summed E-state index contributed by atoms with van der Waals surface area (Å²) in [6, 6.07) is -0.485. The molecule has 2 saturated heterocycles. The van der Waals surface area contributed by atoms with Gasteiger partial charge in [0.1, 0.15) is 11.6 Å². The Kier molecular flexibility index (Phi) is 5.87. The second-order valence-corrected chi connectivity index (χ2v) is 6.38. The van der Waals surface area contributed by atoms with Crippen LogP contribution in [0.2, 0.25) is 0 Å². The zero-order valence-electron chi connectivity index (χ0n) is 13.0. The number of esters is 1. The molecule has 7 heteroatoms. The Bertz CT molecular complexity index is 397. The fourth-order valence-corrected chi connectivity index (χ4v) is 2.94. The van der Waals surface area contributed by atoms with Gasteiger partial charge in [-0.1, -0.05) is 0 Å². The summed E-state index contributed by atoms with van der Waals surface area (Å²) >= 11 is 0. The SMILES string of the molecule is CCOC(=O)[C@H]1C[C@H]2CNC[C@H]2N1C(=O)OC(C)(C)C.Cl. The minimum absolute atomic E-state index is 0. The molecule has 122 valence electrons. The van der Waals surface area contributed by atoms with Crippen molar-refractivity contribution in [1.29, 1.82) is 0 Å². The third-order valence-electron chi connectivity index (χ3n) is 3.69. The second kappa shape index (κ2) is 6.83. The molecule has 0 spiro atoms. The van der Waals surface area contributed by atoms with E-state index in [1.807, 2.05) is 20.8 Å². The first-order valence-corrected chi connectivity index (χ1v) is 7.22. The first kappa shape index (κ1) is 18.0. The monoisotopic (exact) mass is 320 g/mol. The van der Waals surface area contributed by atoms with Gasteiger partial charge in [-0.3, -0.25) is 4.90 Å². The van der Waals surface area contributed by atoms with Gasteiger partial charge in [0, 0.05) is 13.1 Å². The quantitative estimate of drug-likeness (QED) is 0.782. The number of likely N-dealkylation sites (tertiary alicyclic amines) is 1. The van der Waals surface area contributed by atoms with Gasteiger partial charge in [-0.05, 0) is 40.0 Å². The lowest BCUT2D eigenvalue weighted by atomic mass is 10.0. The minimum atomic E-state index is -0.569. The molecule has 2 aliphatic heterocycles. The molecule has 0 radical (unpaired) electrons. The average molecular weight is 321 g/mol. The van der Waals surface area contributed by atoms with Crippen LogP contribution in [0, 0.1) is 5.92 Å². The third-order valence-corrected chi connectivity index (χ3v) is 3.69. The fraction of sp³-hybridized carbons (Fsp3) is 0.857. The lowest BCUT2D eigenvalue weighted by molar-refractivity contribution is -0.148. The Morgan fingerprint density at radius 2 is 1.95 bits per heavy atom. The maximum absolute atomic E-state index is 12.4. The first-order chi connectivity index (χ1) is 9.33. The minimum Gasteiger partial charge on any atom is -0.464 e. The number of nitrogens with zero attached hydrogens (tertiary/aromatic N) is 1. The summed E-state index contributed by atoms with van der Waals surface area (Å²) in [5.74, 6) is -0.0234. The van der Waals surface area contributed by atoms with Crippen molar-refractivity contribution in [3.8, 4) is 0 Å². The van der Waals surface area contributed by atoms with Crippen molar-refractivity contribution in [1.82, 2.24) is 10.2 Å². The Balaban J connectivity index is 0.00000220. The number of ether oxygens (including phenoxy) is 2. The van der Waals surface area contributed by atoms with Gasteiger partial charge < -0.3 is 14.8 Å². The molecule has 0 aliphatic carbocycles. The molecule has 0 aromatic carbocycles. The molecule has 0 aromatic heterocycles. The van der Waals surface area contributed by atoms with Gasteiger partial charge in [0.05, 0.1) is 12.6 Å². The van der Waals surface area contributed by atoms with Crippen LogP contribution in [0.4, 0.5) is 4.79 Å². The summed E-state index contributed by atoms with van der Waals surface area (Å²) in [6.07, 6.45) is 0.224. The maximum Gasteiger partial charge on any atom is 0.411 e. The Hall–Kier alpha value is -1.01. The van der Waals surface area contributed by atoms with Crippen molar-refractivity contribution >= 4 is 24.5 Å². The van der Waals surface area contributed by atoms with Crippen LogP contribution in [0.15, 0.2) is 0 Å². The van der Waals surface area contributed by atoms with Gasteiger partial charge in [0.25, 0.3) is 0 Å². The Labute approximate surface area is 131 Å². The molecule has 0 unspecified atom stereocenters. The number of nitrogens with one attached hydrogen (secondary N) is 1. The van der Waals surface area contributed by atoms with E-state index in [1.165, 1.54) is 0 Å². The van der Waals surface area contributed by atoms with Crippen molar-refractivity contribution in [3.63, 3.8) is 0 Å². The molecular formula is C14H25ClN2O4. The van der Waals surface area contributed by atoms with E-state index in [4.69, 9.17) is 9.47 Å². The van der Waals surface area contributed by atoms with Gasteiger partial charge in [-0.25, -0.2) is 9.59 Å². The predicted molar refractivity (Wildman–Crippen MR) is 80.5 cm³/mol. The molecule has 21 heavy (non-hydrogen) atoms. The highest BCUT2D eigenvalue weighted by molar-refractivity contribution is 5.85. The van der Waals surface area contributed by atoms with E-state index in [2.05, 4.69) is 5.32 Å². The highest BCUT2D eigenvalue weighted by Gasteiger charge is 2.50. The van der Waals surface area contributed by atoms with Gasteiger partial charge in [-0.2, -0.15) is 0 Å². The number of rotatable bonds is 2. The Morgan fingerprint density at radius 3 is 2.52 bits per heavy atom. The number of hydrogen-bond acceptors (Lipinski definition) is 5. The topological polar surface area (TPSA) is 67.9 Å². The number of hydrogen-bond donors (Lipinski definition) is 1. The molecule has 2 aliphatic rings. The van der Waals surface area contributed by atoms with Crippen LogP contribution in [0.1, 0.15) is 34.1 Å². The summed E-state index contributed by atoms with van der Waals surface area (Å²) in [5.41, 5.74) is -0.569. The number of fused-ring (bicyclic) bond motifs is 1. The lowest BCUT2D eigenvalue weighted by Gasteiger charge is -2.31. The molecule has 6 nitrogen and oxygen atoms in total. The molecule has 0 aromatic rings. The maximum atomic E-state index is 12.4. The molecule has 0 bridgehead atoms. The number of carbonyl (C=O) groups excluding carboxylic acids is 2.